The highest BCUT2D eigenvalue weighted by molar-refractivity contribution is 5.80. The molecular formula is C17H20N2O. The molecule has 1 aromatic heterocycles. The Kier molecular flexibility index (Phi) is 2.88. The number of benzene rings is 1. The Balaban J connectivity index is 1.70. The summed E-state index contributed by atoms with van der Waals surface area (Å²) in [5.74, 6) is 1.81. The van der Waals surface area contributed by atoms with Crippen molar-refractivity contribution in [1.29, 1.82) is 0 Å². The number of fused-ring (bicyclic) bond motifs is 4. The maximum absolute atomic E-state index is 5.27. The number of hydrogen-bond acceptors (Lipinski definition) is 3. The average molecular weight is 268 g/mol. The van der Waals surface area contributed by atoms with Crippen LogP contribution < -0.4 is 4.74 Å². The number of rotatable bonds is 2. The quantitative estimate of drug-likeness (QED) is 0.834. The SMILES string of the molecule is COc1ccc2nc(C3CC4CCN3CC4)ccc2c1. The Bertz CT molecular complexity index is 632. The zero-order valence-electron chi connectivity index (χ0n) is 11.9. The van der Waals surface area contributed by atoms with Gasteiger partial charge >= 0.3 is 0 Å². The van der Waals surface area contributed by atoms with Crippen LogP contribution in [-0.4, -0.2) is 30.1 Å². The van der Waals surface area contributed by atoms with E-state index in [-0.39, 0.29) is 0 Å². The molecule has 104 valence electrons. The van der Waals surface area contributed by atoms with E-state index in [1.54, 1.807) is 7.11 Å². The molecule has 5 rings (SSSR count). The largest absolute Gasteiger partial charge is 0.497 e. The van der Waals surface area contributed by atoms with Crippen molar-refractivity contribution in [3.8, 4) is 5.75 Å². The topological polar surface area (TPSA) is 25.4 Å². The van der Waals surface area contributed by atoms with Crippen LogP contribution in [0.5, 0.6) is 5.75 Å². The molecule has 0 amide bonds. The summed E-state index contributed by atoms with van der Waals surface area (Å²) in [6.07, 6.45) is 4.04. The lowest BCUT2D eigenvalue weighted by atomic mass is 9.82. The third-order valence-electron chi connectivity index (χ3n) is 4.91. The van der Waals surface area contributed by atoms with Crippen molar-refractivity contribution in [3.05, 3.63) is 36.0 Å². The van der Waals surface area contributed by atoms with Gasteiger partial charge in [-0.25, -0.2) is 0 Å². The van der Waals surface area contributed by atoms with E-state index in [0.29, 0.717) is 6.04 Å². The minimum Gasteiger partial charge on any atom is -0.497 e. The molecule has 3 heteroatoms. The van der Waals surface area contributed by atoms with Crippen molar-refractivity contribution < 1.29 is 4.74 Å². The minimum atomic E-state index is 0.536. The fraction of sp³-hybridized carbons (Fsp3) is 0.471. The first kappa shape index (κ1) is 12.2. The molecule has 20 heavy (non-hydrogen) atoms. The molecule has 0 spiro atoms. The molecule has 4 heterocycles. The monoisotopic (exact) mass is 268 g/mol. The third-order valence-corrected chi connectivity index (χ3v) is 4.91. The summed E-state index contributed by atoms with van der Waals surface area (Å²) in [7, 11) is 1.70. The van der Waals surface area contributed by atoms with E-state index in [1.165, 1.54) is 38.0 Å². The van der Waals surface area contributed by atoms with E-state index < -0.39 is 0 Å². The van der Waals surface area contributed by atoms with Crippen molar-refractivity contribution in [1.82, 2.24) is 9.88 Å². The number of piperidine rings is 3. The molecule has 0 N–H and O–H groups in total. The van der Waals surface area contributed by atoms with Gasteiger partial charge in [-0.3, -0.25) is 9.88 Å². The van der Waals surface area contributed by atoms with E-state index in [1.807, 2.05) is 6.07 Å². The van der Waals surface area contributed by atoms with Crippen LogP contribution in [0.4, 0.5) is 0 Å². The van der Waals surface area contributed by atoms with Crippen molar-refractivity contribution in [2.75, 3.05) is 20.2 Å². The van der Waals surface area contributed by atoms with Crippen molar-refractivity contribution >= 4 is 10.9 Å². The highest BCUT2D eigenvalue weighted by Crippen LogP contribution is 2.40. The number of hydrogen-bond donors (Lipinski definition) is 0. The van der Waals surface area contributed by atoms with Gasteiger partial charge in [0.15, 0.2) is 0 Å². The van der Waals surface area contributed by atoms with Gasteiger partial charge in [-0.05, 0) is 62.5 Å². The summed E-state index contributed by atoms with van der Waals surface area (Å²) in [5.41, 5.74) is 2.32. The summed E-state index contributed by atoms with van der Waals surface area (Å²) < 4.78 is 5.27. The molecule has 2 aromatic rings. The summed E-state index contributed by atoms with van der Waals surface area (Å²) in [6.45, 7) is 2.50. The maximum atomic E-state index is 5.27. The summed E-state index contributed by atoms with van der Waals surface area (Å²) >= 11 is 0. The van der Waals surface area contributed by atoms with Gasteiger partial charge in [0.2, 0.25) is 0 Å². The van der Waals surface area contributed by atoms with Crippen molar-refractivity contribution in [3.63, 3.8) is 0 Å². The van der Waals surface area contributed by atoms with E-state index in [4.69, 9.17) is 9.72 Å². The fourth-order valence-electron chi connectivity index (χ4n) is 3.70. The van der Waals surface area contributed by atoms with E-state index in [0.717, 1.165) is 22.6 Å². The zero-order chi connectivity index (χ0) is 13.5. The number of ether oxygens (including phenoxy) is 1. The molecular weight excluding hydrogens is 248 g/mol. The molecule has 3 aliphatic heterocycles. The van der Waals surface area contributed by atoms with Gasteiger partial charge in [0.25, 0.3) is 0 Å². The lowest BCUT2D eigenvalue weighted by Crippen LogP contribution is -2.43. The van der Waals surface area contributed by atoms with Crippen LogP contribution in [0.15, 0.2) is 30.3 Å². The number of pyridine rings is 1. The first-order valence-corrected chi connectivity index (χ1v) is 7.52. The van der Waals surface area contributed by atoms with Gasteiger partial charge < -0.3 is 4.74 Å². The summed E-state index contributed by atoms with van der Waals surface area (Å²) in [6, 6.07) is 11.0. The predicted molar refractivity (Wildman–Crippen MR) is 80.0 cm³/mol. The van der Waals surface area contributed by atoms with Crippen LogP contribution in [0.1, 0.15) is 31.0 Å². The average Bonchev–Trinajstić information content (AvgIpc) is 2.55. The van der Waals surface area contributed by atoms with Gasteiger partial charge in [0, 0.05) is 5.39 Å². The fourth-order valence-corrected chi connectivity index (χ4v) is 3.70. The van der Waals surface area contributed by atoms with Crippen LogP contribution >= 0.6 is 0 Å². The second-order valence-electron chi connectivity index (χ2n) is 6.03. The van der Waals surface area contributed by atoms with Crippen LogP contribution in [0.25, 0.3) is 10.9 Å². The number of methoxy groups -OCH3 is 1. The molecule has 3 nitrogen and oxygen atoms in total. The molecule has 0 radical (unpaired) electrons. The molecule has 3 fully saturated rings. The molecule has 1 aromatic carbocycles. The van der Waals surface area contributed by atoms with Gasteiger partial charge in [-0.1, -0.05) is 6.07 Å². The molecule has 1 unspecified atom stereocenters. The Morgan fingerprint density at radius 3 is 2.70 bits per heavy atom. The van der Waals surface area contributed by atoms with Crippen molar-refractivity contribution in [2.45, 2.75) is 25.3 Å². The lowest BCUT2D eigenvalue weighted by molar-refractivity contribution is 0.0470. The van der Waals surface area contributed by atoms with Crippen molar-refractivity contribution in [2.24, 2.45) is 5.92 Å². The highest BCUT2D eigenvalue weighted by atomic mass is 16.5. The molecule has 0 saturated carbocycles. The van der Waals surface area contributed by atoms with E-state index >= 15 is 0 Å². The Morgan fingerprint density at radius 2 is 2.00 bits per heavy atom. The normalized spacial score (nSPS) is 28.8. The van der Waals surface area contributed by atoms with E-state index in [2.05, 4.69) is 29.2 Å². The van der Waals surface area contributed by atoms with Crippen LogP contribution in [0.3, 0.4) is 0 Å². The predicted octanol–water partition coefficient (Wildman–Crippen LogP) is 3.40. The Labute approximate surface area is 119 Å². The first-order valence-electron chi connectivity index (χ1n) is 7.52. The summed E-state index contributed by atoms with van der Waals surface area (Å²) in [4.78, 5) is 7.50. The van der Waals surface area contributed by atoms with Gasteiger partial charge in [-0.15, -0.1) is 0 Å². The molecule has 1 atom stereocenters. The Hall–Kier alpha value is -1.61. The molecule has 3 aliphatic rings. The number of nitrogens with zero attached hydrogens (tertiary/aromatic N) is 2. The van der Waals surface area contributed by atoms with Crippen LogP contribution in [0, 0.1) is 5.92 Å². The van der Waals surface area contributed by atoms with Gasteiger partial charge in [0.05, 0.1) is 24.4 Å². The second kappa shape index (κ2) is 4.74. The highest BCUT2D eigenvalue weighted by Gasteiger charge is 2.34. The minimum absolute atomic E-state index is 0.536. The lowest BCUT2D eigenvalue weighted by Gasteiger charge is -2.45. The smallest absolute Gasteiger partial charge is 0.119 e. The van der Waals surface area contributed by atoms with Crippen LogP contribution in [-0.2, 0) is 0 Å². The second-order valence-corrected chi connectivity index (χ2v) is 6.03. The molecule has 2 bridgehead atoms. The maximum Gasteiger partial charge on any atom is 0.119 e. The third kappa shape index (κ3) is 1.97. The summed E-state index contributed by atoms with van der Waals surface area (Å²) in [5, 5.41) is 1.16. The zero-order valence-corrected chi connectivity index (χ0v) is 11.9. The first-order chi connectivity index (χ1) is 9.83. The Morgan fingerprint density at radius 1 is 1.15 bits per heavy atom. The standard InChI is InChI=1S/C17H20N2O/c1-20-14-3-5-15-13(11-14)2-4-16(18-15)17-10-12-6-8-19(17)9-7-12/h2-5,11-12,17H,6-10H2,1H3. The van der Waals surface area contributed by atoms with Crippen LogP contribution in [0.2, 0.25) is 0 Å². The molecule has 3 saturated heterocycles. The van der Waals surface area contributed by atoms with Gasteiger partial charge in [0.1, 0.15) is 5.75 Å². The van der Waals surface area contributed by atoms with E-state index in [9.17, 15) is 0 Å². The van der Waals surface area contributed by atoms with Gasteiger partial charge in [-0.2, -0.15) is 0 Å². The molecule has 0 aliphatic carbocycles. The number of aromatic nitrogens is 1.